The lowest BCUT2D eigenvalue weighted by Gasteiger charge is -2.35. The minimum Gasteiger partial charge on any atom is -0.397 e. The van der Waals surface area contributed by atoms with Gasteiger partial charge in [0.2, 0.25) is 0 Å². The highest BCUT2D eigenvalue weighted by molar-refractivity contribution is 5.71. The van der Waals surface area contributed by atoms with E-state index in [1.54, 1.807) is 0 Å². The Kier molecular flexibility index (Phi) is 2.93. The second-order valence-corrected chi connectivity index (χ2v) is 4.69. The summed E-state index contributed by atoms with van der Waals surface area (Å²) in [5, 5.41) is 2.91. The predicted octanol–water partition coefficient (Wildman–Crippen LogP) is 3.50. The molecule has 0 aromatic heterocycles. The topological polar surface area (TPSA) is 38.0 Å². The summed E-state index contributed by atoms with van der Waals surface area (Å²) in [6.07, 6.45) is -2.58. The van der Waals surface area contributed by atoms with Gasteiger partial charge in [0.15, 0.2) is 0 Å². The van der Waals surface area contributed by atoms with E-state index in [2.05, 4.69) is 12.2 Å². The number of para-hydroxylation sites is 1. The highest BCUT2D eigenvalue weighted by atomic mass is 19.4. The van der Waals surface area contributed by atoms with E-state index in [0.29, 0.717) is 5.92 Å². The average molecular weight is 244 g/mol. The van der Waals surface area contributed by atoms with Crippen LogP contribution in [0.5, 0.6) is 0 Å². The maximum absolute atomic E-state index is 12.8. The highest BCUT2D eigenvalue weighted by Crippen LogP contribution is 2.40. The van der Waals surface area contributed by atoms with E-state index in [-0.39, 0.29) is 17.4 Å². The van der Waals surface area contributed by atoms with E-state index in [9.17, 15) is 13.2 Å². The average Bonchev–Trinajstić information content (AvgIpc) is 2.16. The predicted molar refractivity (Wildman–Crippen MR) is 61.7 cm³/mol. The van der Waals surface area contributed by atoms with Gasteiger partial charge in [0.1, 0.15) is 0 Å². The molecule has 0 heterocycles. The van der Waals surface area contributed by atoms with E-state index >= 15 is 0 Å². The molecule has 0 atom stereocenters. The van der Waals surface area contributed by atoms with Crippen molar-refractivity contribution in [3.8, 4) is 0 Å². The van der Waals surface area contributed by atoms with E-state index in [1.807, 2.05) is 0 Å². The summed E-state index contributed by atoms with van der Waals surface area (Å²) < 4.78 is 38.3. The van der Waals surface area contributed by atoms with Crippen molar-refractivity contribution < 1.29 is 13.2 Å². The number of anilines is 2. The maximum Gasteiger partial charge on any atom is 0.418 e. The van der Waals surface area contributed by atoms with Crippen LogP contribution in [0, 0.1) is 5.92 Å². The van der Waals surface area contributed by atoms with Crippen LogP contribution in [0.1, 0.15) is 25.3 Å². The molecule has 0 radical (unpaired) electrons. The van der Waals surface area contributed by atoms with Gasteiger partial charge in [-0.25, -0.2) is 0 Å². The van der Waals surface area contributed by atoms with Crippen molar-refractivity contribution in [1.29, 1.82) is 0 Å². The summed E-state index contributed by atoms with van der Waals surface area (Å²) in [7, 11) is 0. The molecule has 17 heavy (non-hydrogen) atoms. The lowest BCUT2D eigenvalue weighted by Crippen LogP contribution is -2.34. The molecule has 0 unspecified atom stereocenters. The van der Waals surface area contributed by atoms with E-state index < -0.39 is 11.7 Å². The number of hydrogen-bond acceptors (Lipinski definition) is 2. The Balaban J connectivity index is 2.25. The second kappa shape index (κ2) is 4.13. The van der Waals surface area contributed by atoms with Crippen LogP contribution < -0.4 is 11.1 Å². The fraction of sp³-hybridized carbons (Fsp3) is 0.500. The molecule has 2 nitrogen and oxygen atoms in total. The largest absolute Gasteiger partial charge is 0.418 e. The fourth-order valence-electron chi connectivity index (χ4n) is 2.19. The van der Waals surface area contributed by atoms with Crippen molar-refractivity contribution in [2.45, 2.75) is 32.0 Å². The number of nitrogen functional groups attached to an aromatic ring is 1. The molecule has 0 bridgehead atoms. The Morgan fingerprint density at radius 2 is 1.94 bits per heavy atom. The van der Waals surface area contributed by atoms with E-state index in [1.165, 1.54) is 12.1 Å². The Hall–Kier alpha value is -1.39. The van der Waals surface area contributed by atoms with Crippen LogP contribution in [0.3, 0.4) is 0 Å². The molecule has 1 aromatic rings. The Labute approximate surface area is 98.0 Å². The van der Waals surface area contributed by atoms with Crippen molar-refractivity contribution in [1.82, 2.24) is 0 Å². The van der Waals surface area contributed by atoms with Crippen LogP contribution in [0.15, 0.2) is 18.2 Å². The standard InChI is InChI=1S/C12H15F3N2/c1-7-5-8(6-7)17-11-9(12(13,14)15)3-2-4-10(11)16/h2-4,7-8,17H,5-6,16H2,1H3. The number of benzene rings is 1. The van der Waals surface area contributed by atoms with Gasteiger partial charge in [-0.1, -0.05) is 13.0 Å². The Morgan fingerprint density at radius 1 is 1.29 bits per heavy atom. The van der Waals surface area contributed by atoms with Gasteiger partial charge in [0, 0.05) is 6.04 Å². The molecule has 2 rings (SSSR count). The minimum atomic E-state index is -4.37. The lowest BCUT2D eigenvalue weighted by molar-refractivity contribution is -0.136. The molecule has 1 aliphatic rings. The van der Waals surface area contributed by atoms with Crippen molar-refractivity contribution >= 4 is 11.4 Å². The third kappa shape index (κ3) is 2.48. The summed E-state index contributed by atoms with van der Waals surface area (Å²) in [6, 6.07) is 3.98. The molecule has 5 heteroatoms. The first-order chi connectivity index (χ1) is 7.88. The zero-order valence-electron chi connectivity index (χ0n) is 9.51. The monoisotopic (exact) mass is 244 g/mol. The highest BCUT2D eigenvalue weighted by Gasteiger charge is 2.35. The fourth-order valence-corrected chi connectivity index (χ4v) is 2.19. The van der Waals surface area contributed by atoms with Crippen LogP contribution in [-0.2, 0) is 6.18 Å². The van der Waals surface area contributed by atoms with Crippen LogP contribution >= 0.6 is 0 Å². The molecule has 1 saturated carbocycles. The zero-order valence-corrected chi connectivity index (χ0v) is 9.51. The van der Waals surface area contributed by atoms with Crippen LogP contribution in [-0.4, -0.2) is 6.04 Å². The summed E-state index contributed by atoms with van der Waals surface area (Å²) in [6.45, 7) is 2.08. The molecular formula is C12H15F3N2. The summed E-state index contributed by atoms with van der Waals surface area (Å²) in [5.41, 5.74) is 5.11. The normalized spacial score (nSPS) is 24.2. The van der Waals surface area contributed by atoms with Gasteiger partial charge >= 0.3 is 6.18 Å². The van der Waals surface area contributed by atoms with Gasteiger partial charge in [-0.2, -0.15) is 13.2 Å². The SMILES string of the molecule is CC1CC(Nc2c(N)cccc2C(F)(F)F)C1. The van der Waals surface area contributed by atoms with Gasteiger partial charge in [-0.05, 0) is 30.9 Å². The third-order valence-corrected chi connectivity index (χ3v) is 3.12. The molecule has 0 saturated heterocycles. The third-order valence-electron chi connectivity index (χ3n) is 3.12. The first-order valence-corrected chi connectivity index (χ1v) is 5.60. The summed E-state index contributed by atoms with van der Waals surface area (Å²) in [4.78, 5) is 0. The lowest BCUT2D eigenvalue weighted by atomic mass is 9.81. The molecular weight excluding hydrogens is 229 g/mol. The van der Waals surface area contributed by atoms with Gasteiger partial charge < -0.3 is 11.1 Å². The molecule has 1 aromatic carbocycles. The molecule has 0 spiro atoms. The van der Waals surface area contributed by atoms with Crippen molar-refractivity contribution in [3.63, 3.8) is 0 Å². The van der Waals surface area contributed by atoms with Gasteiger partial charge in [0.25, 0.3) is 0 Å². The molecule has 0 aliphatic heterocycles. The van der Waals surface area contributed by atoms with Crippen LogP contribution in [0.2, 0.25) is 0 Å². The quantitative estimate of drug-likeness (QED) is 0.781. The number of rotatable bonds is 2. The number of alkyl halides is 3. The first kappa shape index (κ1) is 12.1. The van der Waals surface area contributed by atoms with Crippen molar-refractivity contribution in [2.24, 2.45) is 5.92 Å². The van der Waals surface area contributed by atoms with Crippen LogP contribution in [0.25, 0.3) is 0 Å². The van der Waals surface area contributed by atoms with Crippen LogP contribution in [0.4, 0.5) is 24.5 Å². The first-order valence-electron chi connectivity index (χ1n) is 5.60. The van der Waals surface area contributed by atoms with Gasteiger partial charge in [0.05, 0.1) is 16.9 Å². The smallest absolute Gasteiger partial charge is 0.397 e. The minimum absolute atomic E-state index is 0.0249. The molecule has 94 valence electrons. The second-order valence-electron chi connectivity index (χ2n) is 4.69. The van der Waals surface area contributed by atoms with E-state index in [0.717, 1.165) is 18.9 Å². The summed E-state index contributed by atoms with van der Waals surface area (Å²) in [5.74, 6) is 0.576. The van der Waals surface area contributed by atoms with Gasteiger partial charge in [-0.3, -0.25) is 0 Å². The molecule has 3 N–H and O–H groups in total. The van der Waals surface area contributed by atoms with Crippen molar-refractivity contribution in [3.05, 3.63) is 23.8 Å². The number of halogens is 3. The number of nitrogens with one attached hydrogen (secondary N) is 1. The Morgan fingerprint density at radius 3 is 2.47 bits per heavy atom. The molecule has 0 amide bonds. The Bertz CT molecular complexity index is 409. The van der Waals surface area contributed by atoms with Crippen molar-refractivity contribution in [2.75, 3.05) is 11.1 Å². The maximum atomic E-state index is 12.8. The summed E-state index contributed by atoms with van der Waals surface area (Å²) >= 11 is 0. The van der Waals surface area contributed by atoms with E-state index in [4.69, 9.17) is 5.73 Å². The number of hydrogen-bond donors (Lipinski definition) is 2. The molecule has 1 aliphatic carbocycles. The molecule has 1 fully saturated rings. The zero-order chi connectivity index (χ0) is 12.6. The van der Waals surface area contributed by atoms with Gasteiger partial charge in [-0.15, -0.1) is 0 Å². The number of nitrogens with two attached hydrogens (primary N) is 1.